The second kappa shape index (κ2) is 6.05. The maximum atomic E-state index is 12.5. The molecule has 1 N–H and O–H groups in total. The number of carbonyl (C=O) groups is 1. The largest absolute Gasteiger partial charge is 0.394 e. The van der Waals surface area contributed by atoms with Gasteiger partial charge in [-0.3, -0.25) is 4.79 Å². The Bertz CT molecular complexity index is 277. The summed E-state index contributed by atoms with van der Waals surface area (Å²) in [5.74, 6) is 1.34. The molecule has 1 aliphatic rings. The zero-order chi connectivity index (χ0) is 13.9. The Morgan fingerprint density at radius 1 is 1.33 bits per heavy atom. The molecule has 0 aromatic rings. The molecule has 0 heterocycles. The summed E-state index contributed by atoms with van der Waals surface area (Å²) in [7, 11) is 0. The number of rotatable bonds is 6. The highest BCUT2D eigenvalue weighted by atomic mass is 16.3. The summed E-state index contributed by atoms with van der Waals surface area (Å²) in [6.07, 6.45) is 3.34. The molecule has 0 radical (unpaired) electrons. The molecule has 1 saturated carbocycles. The second-order valence-corrected chi connectivity index (χ2v) is 7.12. The van der Waals surface area contributed by atoms with Crippen LogP contribution in [0.15, 0.2) is 0 Å². The fourth-order valence-corrected chi connectivity index (χ4v) is 2.25. The normalized spacial score (nSPS) is 17.9. The van der Waals surface area contributed by atoms with Gasteiger partial charge in [-0.1, -0.05) is 34.6 Å². The van der Waals surface area contributed by atoms with Crippen LogP contribution in [0.1, 0.15) is 53.9 Å². The van der Waals surface area contributed by atoms with Crippen LogP contribution in [0.5, 0.6) is 0 Å². The predicted octanol–water partition coefficient (Wildman–Crippen LogP) is 2.68. The van der Waals surface area contributed by atoms with Crippen LogP contribution in [0.2, 0.25) is 0 Å². The molecule has 0 aromatic carbocycles. The number of hydrogen-bond acceptors (Lipinski definition) is 2. The van der Waals surface area contributed by atoms with E-state index in [9.17, 15) is 9.90 Å². The molecule has 1 aliphatic carbocycles. The van der Waals surface area contributed by atoms with Crippen molar-refractivity contribution in [2.45, 2.75) is 59.9 Å². The Labute approximate surface area is 112 Å². The Morgan fingerprint density at radius 3 is 2.22 bits per heavy atom. The molecule has 1 amide bonds. The molecule has 1 rings (SSSR count). The van der Waals surface area contributed by atoms with Crippen molar-refractivity contribution in [1.29, 1.82) is 0 Å². The van der Waals surface area contributed by atoms with Crippen LogP contribution in [-0.4, -0.2) is 35.1 Å². The van der Waals surface area contributed by atoms with Gasteiger partial charge >= 0.3 is 0 Å². The van der Waals surface area contributed by atoms with E-state index in [2.05, 4.69) is 13.8 Å². The van der Waals surface area contributed by atoms with E-state index in [0.29, 0.717) is 11.8 Å². The summed E-state index contributed by atoms with van der Waals surface area (Å²) in [6, 6.07) is -0.0164. The molecule has 3 nitrogen and oxygen atoms in total. The van der Waals surface area contributed by atoms with E-state index in [4.69, 9.17) is 0 Å². The van der Waals surface area contributed by atoms with Gasteiger partial charge < -0.3 is 10.0 Å². The van der Waals surface area contributed by atoms with E-state index in [-0.39, 0.29) is 24.0 Å². The molecular weight excluding hydrogens is 226 g/mol. The summed E-state index contributed by atoms with van der Waals surface area (Å²) in [5, 5.41) is 9.60. The van der Waals surface area contributed by atoms with E-state index < -0.39 is 0 Å². The molecule has 18 heavy (non-hydrogen) atoms. The summed E-state index contributed by atoms with van der Waals surface area (Å²) in [6.45, 7) is 11.1. The Hall–Kier alpha value is -0.570. The molecule has 0 bridgehead atoms. The fraction of sp³-hybridized carbons (Fsp3) is 0.933. The maximum Gasteiger partial charge on any atom is 0.228 e. The van der Waals surface area contributed by atoms with Gasteiger partial charge in [0.15, 0.2) is 0 Å². The first-order valence-corrected chi connectivity index (χ1v) is 7.17. The third-order valence-corrected chi connectivity index (χ3v) is 3.45. The van der Waals surface area contributed by atoms with E-state index in [1.807, 2.05) is 25.7 Å². The molecule has 0 spiro atoms. The molecule has 1 atom stereocenters. The predicted molar refractivity (Wildman–Crippen MR) is 74.2 cm³/mol. The molecule has 0 aromatic heterocycles. The second-order valence-electron chi connectivity index (χ2n) is 7.12. The number of amides is 1. The Morgan fingerprint density at radius 2 is 1.89 bits per heavy atom. The summed E-state index contributed by atoms with van der Waals surface area (Å²) in [5.41, 5.74) is -0.362. The zero-order valence-electron chi connectivity index (χ0n) is 12.6. The summed E-state index contributed by atoms with van der Waals surface area (Å²) < 4.78 is 0. The van der Waals surface area contributed by atoms with Crippen LogP contribution < -0.4 is 0 Å². The zero-order valence-corrected chi connectivity index (χ0v) is 12.6. The monoisotopic (exact) mass is 255 g/mol. The highest BCUT2D eigenvalue weighted by Crippen LogP contribution is 2.32. The van der Waals surface area contributed by atoms with Crippen molar-refractivity contribution in [2.75, 3.05) is 13.2 Å². The lowest BCUT2D eigenvalue weighted by molar-refractivity contribution is -0.143. The average molecular weight is 255 g/mol. The Balaban J connectivity index is 2.77. The van der Waals surface area contributed by atoms with Crippen LogP contribution in [0.3, 0.4) is 0 Å². The van der Waals surface area contributed by atoms with Crippen LogP contribution >= 0.6 is 0 Å². The van der Waals surface area contributed by atoms with Crippen molar-refractivity contribution >= 4 is 5.91 Å². The van der Waals surface area contributed by atoms with Crippen molar-refractivity contribution in [3.05, 3.63) is 0 Å². The summed E-state index contributed by atoms with van der Waals surface area (Å²) in [4.78, 5) is 14.5. The lowest BCUT2D eigenvalue weighted by Crippen LogP contribution is -2.49. The van der Waals surface area contributed by atoms with Gasteiger partial charge in [0.05, 0.1) is 12.6 Å². The molecule has 106 valence electrons. The lowest BCUT2D eigenvalue weighted by atomic mass is 9.92. The molecule has 3 heteroatoms. The van der Waals surface area contributed by atoms with Gasteiger partial charge in [0.25, 0.3) is 0 Å². The minimum Gasteiger partial charge on any atom is -0.394 e. The Kier molecular flexibility index (Phi) is 5.20. The quantitative estimate of drug-likeness (QED) is 0.792. The first-order chi connectivity index (χ1) is 8.25. The van der Waals surface area contributed by atoms with Gasteiger partial charge in [0, 0.05) is 12.0 Å². The fourth-order valence-electron chi connectivity index (χ4n) is 2.25. The van der Waals surface area contributed by atoms with E-state index in [1.54, 1.807) is 0 Å². The van der Waals surface area contributed by atoms with E-state index in [1.165, 1.54) is 12.8 Å². The van der Waals surface area contributed by atoms with Crippen molar-refractivity contribution in [3.8, 4) is 0 Å². The minimum absolute atomic E-state index is 0.0164. The minimum atomic E-state index is -0.362. The highest BCUT2D eigenvalue weighted by molar-refractivity contribution is 5.81. The van der Waals surface area contributed by atoms with Crippen LogP contribution in [0.25, 0.3) is 0 Å². The highest BCUT2D eigenvalue weighted by Gasteiger charge is 2.35. The lowest BCUT2D eigenvalue weighted by Gasteiger charge is -2.36. The molecule has 0 saturated heterocycles. The van der Waals surface area contributed by atoms with E-state index in [0.717, 1.165) is 13.0 Å². The average Bonchev–Trinajstić information content (AvgIpc) is 3.04. The molecular formula is C15H29NO2. The van der Waals surface area contributed by atoms with Crippen LogP contribution in [-0.2, 0) is 4.79 Å². The number of nitrogens with zero attached hydrogens (tertiary/aromatic N) is 1. The van der Waals surface area contributed by atoms with Gasteiger partial charge in [-0.2, -0.15) is 0 Å². The van der Waals surface area contributed by atoms with Gasteiger partial charge in [-0.25, -0.2) is 0 Å². The van der Waals surface area contributed by atoms with Gasteiger partial charge in [-0.05, 0) is 31.1 Å². The van der Waals surface area contributed by atoms with Gasteiger partial charge in [0.2, 0.25) is 5.91 Å². The van der Waals surface area contributed by atoms with Gasteiger partial charge in [-0.15, -0.1) is 0 Å². The first kappa shape index (κ1) is 15.5. The number of hydrogen-bond donors (Lipinski definition) is 1. The smallest absolute Gasteiger partial charge is 0.228 e. The molecule has 1 fully saturated rings. The number of carbonyl (C=O) groups excluding carboxylic acids is 1. The van der Waals surface area contributed by atoms with Crippen molar-refractivity contribution in [1.82, 2.24) is 4.90 Å². The van der Waals surface area contributed by atoms with Crippen LogP contribution in [0, 0.1) is 17.3 Å². The van der Waals surface area contributed by atoms with Crippen LogP contribution in [0.4, 0.5) is 0 Å². The van der Waals surface area contributed by atoms with E-state index >= 15 is 0 Å². The maximum absolute atomic E-state index is 12.5. The third kappa shape index (κ3) is 4.60. The number of aliphatic hydroxyl groups excluding tert-OH is 1. The number of aliphatic hydroxyl groups is 1. The summed E-state index contributed by atoms with van der Waals surface area (Å²) >= 11 is 0. The molecule has 0 unspecified atom stereocenters. The SMILES string of the molecule is CC(C)C[C@@H](CO)N(CC1CC1)C(=O)C(C)(C)C. The topological polar surface area (TPSA) is 40.5 Å². The van der Waals surface area contributed by atoms with Gasteiger partial charge in [0.1, 0.15) is 0 Å². The van der Waals surface area contributed by atoms with Crippen molar-refractivity contribution in [2.24, 2.45) is 17.3 Å². The third-order valence-electron chi connectivity index (χ3n) is 3.45. The molecule has 0 aliphatic heterocycles. The van der Waals surface area contributed by atoms with Crippen molar-refractivity contribution in [3.63, 3.8) is 0 Å². The standard InChI is InChI=1S/C15H29NO2/c1-11(2)8-13(10-17)16(9-12-6-7-12)14(18)15(3,4)5/h11-13,17H,6-10H2,1-5H3/t13-/m0/s1. The van der Waals surface area contributed by atoms with Crippen molar-refractivity contribution < 1.29 is 9.90 Å². The first-order valence-electron chi connectivity index (χ1n) is 7.17.